The summed E-state index contributed by atoms with van der Waals surface area (Å²) in [4.78, 5) is 32.4. The number of nitrogen functional groups attached to an aromatic ring is 1. The Hall–Kier alpha value is -1.40. The Morgan fingerprint density at radius 1 is 1.64 bits per heavy atom. The fraction of sp³-hybridized carbons (Fsp3) is 0.583. The number of hydrogen-bond donors (Lipinski definition) is 3. The van der Waals surface area contributed by atoms with Crippen molar-refractivity contribution in [2.75, 3.05) is 26.1 Å². The predicted octanol–water partition coefficient (Wildman–Crippen LogP) is -0.116. The van der Waals surface area contributed by atoms with Crippen LogP contribution in [0, 0.1) is 0 Å². The zero-order chi connectivity index (χ0) is 18.2. The van der Waals surface area contributed by atoms with E-state index in [1.807, 2.05) is 6.92 Å². The average molecular weight is 391 g/mol. The smallest absolute Gasteiger partial charge is 0.324 e. The molecule has 11 nitrogen and oxygen atoms in total. The normalized spacial score (nSPS) is 26.1. The molecule has 1 aliphatic rings. The van der Waals surface area contributed by atoms with Crippen molar-refractivity contribution in [3.8, 4) is 0 Å². The van der Waals surface area contributed by atoms with Crippen LogP contribution >= 0.6 is 6.72 Å². The maximum absolute atomic E-state index is 11.9. The number of imidazole rings is 1. The van der Waals surface area contributed by atoms with Crippen molar-refractivity contribution in [1.82, 2.24) is 19.5 Å². The summed E-state index contributed by atoms with van der Waals surface area (Å²) in [6.07, 6.45) is -0.543. The van der Waals surface area contributed by atoms with E-state index in [9.17, 15) is 9.69 Å². The summed E-state index contributed by atoms with van der Waals surface area (Å²) in [5.74, 6) is -0.0387. The van der Waals surface area contributed by atoms with Gasteiger partial charge in [0.05, 0.1) is 12.9 Å². The fourth-order valence-corrected chi connectivity index (χ4v) is 3.56. The molecule has 1 fully saturated rings. The van der Waals surface area contributed by atoms with Crippen LogP contribution in [0.15, 0.2) is 11.1 Å². The van der Waals surface area contributed by atoms with Gasteiger partial charge in [-0.2, -0.15) is 4.98 Å². The van der Waals surface area contributed by atoms with Gasteiger partial charge in [0.2, 0.25) is 5.95 Å². The largest absolute Gasteiger partial charge is 0.371 e. The molecule has 25 heavy (non-hydrogen) atoms. The van der Waals surface area contributed by atoms with Crippen molar-refractivity contribution in [2.45, 2.75) is 25.4 Å². The Bertz CT molecular complexity index is 871. The third kappa shape index (κ3) is 3.60. The molecule has 0 aliphatic carbocycles. The van der Waals surface area contributed by atoms with E-state index in [0.29, 0.717) is 6.61 Å². The highest BCUT2D eigenvalue weighted by Gasteiger charge is 2.43. The summed E-state index contributed by atoms with van der Waals surface area (Å²) in [6.45, 7) is -1.11. The molecular formula is C12H18N5O6PS. The van der Waals surface area contributed by atoms with E-state index < -0.39 is 30.7 Å². The summed E-state index contributed by atoms with van der Waals surface area (Å²) in [7, 11) is 1.27. The van der Waals surface area contributed by atoms with Crippen LogP contribution in [0.1, 0.15) is 13.2 Å². The van der Waals surface area contributed by atoms with Crippen LogP contribution in [0.3, 0.4) is 0 Å². The minimum Gasteiger partial charge on any atom is -0.371 e. The van der Waals surface area contributed by atoms with Gasteiger partial charge in [-0.15, -0.1) is 0 Å². The highest BCUT2D eigenvalue weighted by molar-refractivity contribution is 8.07. The third-order valence-electron chi connectivity index (χ3n) is 3.66. The number of ether oxygens (including phenoxy) is 2. The fourth-order valence-electron chi connectivity index (χ4n) is 2.62. The van der Waals surface area contributed by atoms with E-state index in [1.54, 1.807) is 0 Å². The average Bonchev–Trinajstić information content (AvgIpc) is 3.12. The molecule has 2 unspecified atom stereocenters. The molecule has 3 rings (SSSR count). The molecule has 13 heteroatoms. The lowest BCUT2D eigenvalue weighted by Crippen LogP contribution is -2.33. The number of nitrogens with two attached hydrogens (primary N) is 1. The lowest BCUT2D eigenvalue weighted by Gasteiger charge is -2.25. The highest BCUT2D eigenvalue weighted by atomic mass is 32.5. The van der Waals surface area contributed by atoms with Gasteiger partial charge in [-0.25, -0.2) is 4.98 Å². The summed E-state index contributed by atoms with van der Waals surface area (Å²) < 4.78 is 23.3. The van der Waals surface area contributed by atoms with E-state index >= 15 is 0 Å². The number of nitrogens with zero attached hydrogens (tertiary/aromatic N) is 3. The van der Waals surface area contributed by atoms with Gasteiger partial charge in [0, 0.05) is 13.7 Å². The molecule has 1 saturated heterocycles. The van der Waals surface area contributed by atoms with Gasteiger partial charge >= 0.3 is 6.72 Å². The van der Waals surface area contributed by atoms with Gasteiger partial charge in [0.1, 0.15) is 12.2 Å². The quantitative estimate of drug-likeness (QED) is 0.570. The van der Waals surface area contributed by atoms with Gasteiger partial charge in [-0.1, -0.05) is 0 Å². The summed E-state index contributed by atoms with van der Waals surface area (Å²) in [5, 5.41) is 0. The standard InChI is InChI=1S/C12H18N5O6PS/c1-3-21-8-6(23-24(19,25)20-2)4-22-11(8)17-5-14-7-9(17)15-12(13)16-10(7)18/h5-6,8,11H,3-4H2,1-2H3,(H,19,25)(H3,13,15,16,18)/t6?,8-,11+,24?/m0/s1. The molecular weight excluding hydrogens is 373 g/mol. The Balaban J connectivity index is 1.97. The minimum absolute atomic E-state index is 0.0387. The highest BCUT2D eigenvalue weighted by Crippen LogP contribution is 2.47. The molecule has 0 saturated carbocycles. The number of nitrogens with one attached hydrogen (secondary N) is 1. The van der Waals surface area contributed by atoms with Crippen molar-refractivity contribution in [2.24, 2.45) is 0 Å². The molecule has 0 radical (unpaired) electrons. The monoisotopic (exact) mass is 391 g/mol. The Labute approximate surface area is 147 Å². The molecule has 0 bridgehead atoms. The molecule has 0 aromatic carbocycles. The first kappa shape index (κ1) is 18.4. The van der Waals surface area contributed by atoms with E-state index in [2.05, 4.69) is 15.0 Å². The van der Waals surface area contributed by atoms with Crippen molar-refractivity contribution in [3.05, 3.63) is 16.7 Å². The first-order chi connectivity index (χ1) is 11.9. The van der Waals surface area contributed by atoms with Gasteiger partial charge in [-0.3, -0.25) is 14.3 Å². The molecule has 0 amide bonds. The van der Waals surface area contributed by atoms with E-state index in [4.69, 9.17) is 36.1 Å². The molecule has 3 heterocycles. The first-order valence-corrected chi connectivity index (χ1v) is 9.98. The van der Waals surface area contributed by atoms with Gasteiger partial charge < -0.3 is 29.1 Å². The van der Waals surface area contributed by atoms with Crippen LogP contribution in [0.5, 0.6) is 0 Å². The van der Waals surface area contributed by atoms with Crippen LogP contribution in [-0.4, -0.2) is 56.9 Å². The topological polar surface area (TPSA) is 147 Å². The lowest BCUT2D eigenvalue weighted by molar-refractivity contribution is -0.0570. The second kappa shape index (κ2) is 7.08. The number of H-pyrrole nitrogens is 1. The van der Waals surface area contributed by atoms with Crippen molar-refractivity contribution in [1.29, 1.82) is 0 Å². The van der Waals surface area contributed by atoms with Crippen molar-refractivity contribution in [3.63, 3.8) is 0 Å². The molecule has 4 atom stereocenters. The zero-order valence-corrected chi connectivity index (χ0v) is 15.2. The van der Waals surface area contributed by atoms with Crippen LogP contribution in [0.4, 0.5) is 5.95 Å². The molecule has 138 valence electrons. The Morgan fingerprint density at radius 3 is 3.08 bits per heavy atom. The number of aromatic nitrogens is 4. The molecule has 4 N–H and O–H groups in total. The van der Waals surface area contributed by atoms with E-state index in [1.165, 1.54) is 18.0 Å². The second-order valence-corrected chi connectivity index (χ2v) is 8.11. The SMILES string of the molecule is CCO[C@H]1C(OP(O)(=S)OC)CO[C@H]1n1cnc2c(=O)[nH]c(N)nc21. The van der Waals surface area contributed by atoms with E-state index in [0.717, 1.165) is 0 Å². The predicted molar refractivity (Wildman–Crippen MR) is 91.3 cm³/mol. The Kier molecular flexibility index (Phi) is 5.21. The number of rotatable bonds is 6. The number of hydrogen-bond acceptors (Lipinski definition) is 9. The van der Waals surface area contributed by atoms with Gasteiger partial charge in [0.15, 0.2) is 17.4 Å². The number of anilines is 1. The summed E-state index contributed by atoms with van der Waals surface area (Å²) in [5.41, 5.74) is 5.54. The van der Waals surface area contributed by atoms with Crippen molar-refractivity contribution < 1.29 is 23.4 Å². The van der Waals surface area contributed by atoms with Gasteiger partial charge in [-0.05, 0) is 18.7 Å². The second-order valence-electron chi connectivity index (χ2n) is 5.21. The maximum Gasteiger partial charge on any atom is 0.324 e. The van der Waals surface area contributed by atoms with E-state index in [-0.39, 0.29) is 23.7 Å². The first-order valence-electron chi connectivity index (χ1n) is 7.38. The summed E-state index contributed by atoms with van der Waals surface area (Å²) >= 11 is 4.89. The van der Waals surface area contributed by atoms with Crippen LogP contribution in [0.25, 0.3) is 11.2 Å². The van der Waals surface area contributed by atoms with Crippen molar-refractivity contribution >= 4 is 35.6 Å². The van der Waals surface area contributed by atoms with Crippen LogP contribution in [-0.2, 0) is 30.3 Å². The molecule has 2 aromatic rings. The van der Waals surface area contributed by atoms with Gasteiger partial charge in [0.25, 0.3) is 5.56 Å². The third-order valence-corrected chi connectivity index (χ3v) is 5.37. The number of fused-ring (bicyclic) bond motifs is 1. The molecule has 2 aromatic heterocycles. The lowest BCUT2D eigenvalue weighted by atomic mass is 10.2. The number of aromatic amines is 1. The maximum atomic E-state index is 11.9. The molecule has 1 aliphatic heterocycles. The van der Waals surface area contributed by atoms with Crippen LogP contribution < -0.4 is 11.3 Å². The zero-order valence-electron chi connectivity index (χ0n) is 13.5. The van der Waals surface area contributed by atoms with Crippen LogP contribution in [0.2, 0.25) is 0 Å². The molecule has 0 spiro atoms. The Morgan fingerprint density at radius 2 is 2.40 bits per heavy atom. The summed E-state index contributed by atoms with van der Waals surface area (Å²) in [6, 6.07) is 0. The minimum atomic E-state index is -3.39.